The number of halogens is 2. The van der Waals surface area contributed by atoms with E-state index >= 15 is 0 Å². The van der Waals surface area contributed by atoms with Gasteiger partial charge in [-0.15, -0.1) is 0 Å². The van der Waals surface area contributed by atoms with Crippen molar-refractivity contribution < 1.29 is 13.9 Å². The topological polar surface area (TPSA) is 26.3 Å². The molecule has 108 valence electrons. The molecule has 21 heavy (non-hydrogen) atoms. The monoisotopic (exact) mass is 304 g/mol. The van der Waals surface area contributed by atoms with Crippen molar-refractivity contribution in [2.45, 2.75) is 19.3 Å². The molecule has 2 aromatic carbocycles. The van der Waals surface area contributed by atoms with Crippen molar-refractivity contribution in [3.63, 3.8) is 0 Å². The highest BCUT2D eigenvalue weighted by molar-refractivity contribution is 6.31. The zero-order valence-electron chi connectivity index (χ0n) is 11.4. The number of aryl methyl sites for hydroxylation is 1. The standard InChI is InChI=1S/C17H14ClFO2/c18-14-3-1-2-13(17(14)19)15(20)6-4-11-5-7-16-12(10-11)8-9-21-16/h1-3,5,7,10H,4,6,8-9H2. The van der Waals surface area contributed by atoms with Gasteiger partial charge >= 0.3 is 0 Å². The van der Waals surface area contributed by atoms with Crippen LogP contribution in [0.25, 0.3) is 0 Å². The number of carbonyl (C=O) groups excluding carboxylic acids is 1. The molecule has 0 saturated carbocycles. The Morgan fingerprint density at radius 2 is 2.14 bits per heavy atom. The third kappa shape index (κ3) is 2.93. The van der Waals surface area contributed by atoms with Crippen molar-refractivity contribution >= 4 is 17.4 Å². The molecule has 0 aliphatic carbocycles. The fraction of sp³-hybridized carbons (Fsp3) is 0.235. The number of fused-ring (bicyclic) bond motifs is 1. The highest BCUT2D eigenvalue weighted by Gasteiger charge is 2.15. The molecule has 2 aromatic rings. The van der Waals surface area contributed by atoms with Gasteiger partial charge in [-0.3, -0.25) is 4.79 Å². The van der Waals surface area contributed by atoms with Gasteiger partial charge < -0.3 is 4.74 Å². The second-order valence-electron chi connectivity index (χ2n) is 5.07. The van der Waals surface area contributed by atoms with Crippen molar-refractivity contribution in [1.29, 1.82) is 0 Å². The number of rotatable bonds is 4. The molecule has 0 atom stereocenters. The Bertz CT molecular complexity index is 697. The number of ketones is 1. The maximum absolute atomic E-state index is 13.8. The second-order valence-corrected chi connectivity index (χ2v) is 5.47. The minimum absolute atomic E-state index is 0.0180. The van der Waals surface area contributed by atoms with E-state index in [0.717, 1.165) is 17.7 Å². The maximum Gasteiger partial charge on any atom is 0.166 e. The van der Waals surface area contributed by atoms with Gasteiger partial charge in [0, 0.05) is 12.8 Å². The average molecular weight is 305 g/mol. The fourth-order valence-electron chi connectivity index (χ4n) is 2.51. The first-order valence-corrected chi connectivity index (χ1v) is 7.25. The Hall–Kier alpha value is -1.87. The van der Waals surface area contributed by atoms with Crippen LogP contribution in [0.15, 0.2) is 36.4 Å². The van der Waals surface area contributed by atoms with Gasteiger partial charge in [-0.2, -0.15) is 0 Å². The largest absolute Gasteiger partial charge is 0.493 e. The van der Waals surface area contributed by atoms with Crippen LogP contribution in [0.5, 0.6) is 5.75 Å². The predicted octanol–water partition coefficient (Wildman–Crippen LogP) is 4.23. The Morgan fingerprint density at radius 3 is 3.00 bits per heavy atom. The van der Waals surface area contributed by atoms with E-state index in [2.05, 4.69) is 6.07 Å². The third-order valence-electron chi connectivity index (χ3n) is 3.65. The third-order valence-corrected chi connectivity index (χ3v) is 3.94. The molecular formula is C17H14ClFO2. The minimum Gasteiger partial charge on any atom is -0.493 e. The summed E-state index contributed by atoms with van der Waals surface area (Å²) in [7, 11) is 0. The first kappa shape index (κ1) is 14.1. The van der Waals surface area contributed by atoms with Gasteiger partial charge in [0.2, 0.25) is 0 Å². The van der Waals surface area contributed by atoms with E-state index in [4.69, 9.17) is 16.3 Å². The van der Waals surface area contributed by atoms with Crippen LogP contribution < -0.4 is 4.74 Å². The predicted molar refractivity (Wildman–Crippen MR) is 79.7 cm³/mol. The molecule has 1 aliphatic heterocycles. The summed E-state index contributed by atoms with van der Waals surface area (Å²) < 4.78 is 19.2. The lowest BCUT2D eigenvalue weighted by atomic mass is 10.0. The summed E-state index contributed by atoms with van der Waals surface area (Å²) in [5, 5.41) is -0.0180. The normalized spacial score (nSPS) is 12.9. The van der Waals surface area contributed by atoms with Crippen LogP contribution in [-0.2, 0) is 12.8 Å². The number of hydrogen-bond acceptors (Lipinski definition) is 2. The van der Waals surface area contributed by atoms with Crippen LogP contribution >= 0.6 is 11.6 Å². The van der Waals surface area contributed by atoms with Crippen LogP contribution in [0, 0.1) is 5.82 Å². The first-order chi connectivity index (χ1) is 10.1. The van der Waals surface area contributed by atoms with E-state index in [1.54, 1.807) is 6.07 Å². The molecule has 0 fully saturated rings. The van der Waals surface area contributed by atoms with Crippen LogP contribution in [0.4, 0.5) is 4.39 Å². The molecule has 0 saturated heterocycles. The number of carbonyl (C=O) groups is 1. The average Bonchev–Trinajstić information content (AvgIpc) is 2.95. The number of hydrogen-bond donors (Lipinski definition) is 0. The Kier molecular flexibility index (Phi) is 3.93. The molecular weight excluding hydrogens is 291 g/mol. The number of benzene rings is 2. The molecule has 0 bridgehead atoms. The molecule has 4 heteroatoms. The summed E-state index contributed by atoms with van der Waals surface area (Å²) in [6, 6.07) is 10.4. The molecule has 2 nitrogen and oxygen atoms in total. The molecule has 1 heterocycles. The van der Waals surface area contributed by atoms with Crippen LogP contribution in [0.3, 0.4) is 0 Å². The molecule has 0 spiro atoms. The van der Waals surface area contributed by atoms with Gasteiger partial charge in [0.25, 0.3) is 0 Å². The maximum atomic E-state index is 13.8. The zero-order chi connectivity index (χ0) is 14.8. The summed E-state index contributed by atoms with van der Waals surface area (Å²) in [6.45, 7) is 0.714. The second kappa shape index (κ2) is 5.86. The molecule has 0 amide bonds. The fourth-order valence-corrected chi connectivity index (χ4v) is 2.68. The summed E-state index contributed by atoms with van der Waals surface area (Å²) >= 11 is 5.70. The smallest absolute Gasteiger partial charge is 0.166 e. The Labute approximate surface area is 127 Å². The van der Waals surface area contributed by atoms with Crippen LogP contribution in [-0.4, -0.2) is 12.4 Å². The van der Waals surface area contributed by atoms with Gasteiger partial charge in [-0.25, -0.2) is 4.39 Å². The lowest BCUT2D eigenvalue weighted by Crippen LogP contribution is -2.04. The summed E-state index contributed by atoms with van der Waals surface area (Å²) in [4.78, 5) is 12.1. The lowest BCUT2D eigenvalue weighted by Gasteiger charge is -2.06. The highest BCUT2D eigenvalue weighted by Crippen LogP contribution is 2.26. The lowest BCUT2D eigenvalue weighted by molar-refractivity contribution is 0.0979. The molecule has 0 N–H and O–H groups in total. The van der Waals surface area contributed by atoms with Crippen LogP contribution in [0.2, 0.25) is 5.02 Å². The van der Waals surface area contributed by atoms with E-state index in [1.807, 2.05) is 12.1 Å². The highest BCUT2D eigenvalue weighted by atomic mass is 35.5. The van der Waals surface area contributed by atoms with E-state index in [-0.39, 0.29) is 22.8 Å². The van der Waals surface area contributed by atoms with Gasteiger partial charge in [0.15, 0.2) is 11.6 Å². The number of ether oxygens (including phenoxy) is 1. The van der Waals surface area contributed by atoms with E-state index in [1.165, 1.54) is 17.7 Å². The van der Waals surface area contributed by atoms with Crippen molar-refractivity contribution in [2.75, 3.05) is 6.61 Å². The van der Waals surface area contributed by atoms with E-state index < -0.39 is 5.82 Å². The van der Waals surface area contributed by atoms with Crippen LogP contribution in [0.1, 0.15) is 27.9 Å². The summed E-state index contributed by atoms with van der Waals surface area (Å²) in [5.41, 5.74) is 2.30. The first-order valence-electron chi connectivity index (χ1n) is 6.87. The molecule has 0 radical (unpaired) electrons. The summed E-state index contributed by atoms with van der Waals surface area (Å²) in [5.74, 6) is 0.0595. The van der Waals surface area contributed by atoms with Gasteiger partial charge in [-0.1, -0.05) is 29.8 Å². The summed E-state index contributed by atoms with van der Waals surface area (Å²) in [6.07, 6.45) is 1.75. The molecule has 3 rings (SSSR count). The molecule has 0 aromatic heterocycles. The quantitative estimate of drug-likeness (QED) is 0.790. The Balaban J connectivity index is 1.70. The SMILES string of the molecule is O=C(CCc1ccc2c(c1)CCO2)c1cccc(Cl)c1F. The minimum atomic E-state index is -0.633. The van der Waals surface area contributed by atoms with Gasteiger partial charge in [0.1, 0.15) is 5.75 Å². The molecule has 0 unspecified atom stereocenters. The zero-order valence-corrected chi connectivity index (χ0v) is 12.1. The van der Waals surface area contributed by atoms with Crippen molar-refractivity contribution in [2.24, 2.45) is 0 Å². The number of Topliss-reactive ketones (excluding diaryl/α,β-unsaturated/α-hetero) is 1. The Morgan fingerprint density at radius 1 is 1.29 bits per heavy atom. The van der Waals surface area contributed by atoms with Gasteiger partial charge in [-0.05, 0) is 35.7 Å². The van der Waals surface area contributed by atoms with E-state index in [0.29, 0.717) is 13.0 Å². The van der Waals surface area contributed by atoms with E-state index in [9.17, 15) is 9.18 Å². The van der Waals surface area contributed by atoms with Crippen molar-refractivity contribution in [1.82, 2.24) is 0 Å². The van der Waals surface area contributed by atoms with Crippen molar-refractivity contribution in [3.05, 3.63) is 63.9 Å². The molecule has 1 aliphatic rings. The van der Waals surface area contributed by atoms with Gasteiger partial charge in [0.05, 0.1) is 17.2 Å². The van der Waals surface area contributed by atoms with Crippen molar-refractivity contribution in [3.8, 4) is 5.75 Å².